The molecule has 0 amide bonds. The molecule has 18 heavy (non-hydrogen) atoms. The first kappa shape index (κ1) is 15.0. The van der Waals surface area contributed by atoms with E-state index in [4.69, 9.17) is 5.73 Å². The van der Waals surface area contributed by atoms with Crippen LogP contribution in [0.2, 0.25) is 0 Å². The molecule has 1 aromatic carbocycles. The topological polar surface area (TPSA) is 29.3 Å². The first-order valence-corrected chi connectivity index (χ1v) is 7.00. The van der Waals surface area contributed by atoms with Crippen LogP contribution >= 0.6 is 0 Å². The third-order valence-electron chi connectivity index (χ3n) is 3.47. The number of aryl methyl sites for hydroxylation is 1. The van der Waals surface area contributed by atoms with Crippen molar-refractivity contribution in [2.24, 2.45) is 11.7 Å². The summed E-state index contributed by atoms with van der Waals surface area (Å²) >= 11 is 0. The van der Waals surface area contributed by atoms with Crippen molar-refractivity contribution in [2.75, 3.05) is 18.5 Å². The van der Waals surface area contributed by atoms with Gasteiger partial charge in [0.1, 0.15) is 0 Å². The molecule has 2 unspecified atom stereocenters. The Hall–Kier alpha value is -1.02. The van der Waals surface area contributed by atoms with E-state index in [1.165, 1.54) is 23.2 Å². The maximum absolute atomic E-state index is 5.95. The first-order valence-electron chi connectivity index (χ1n) is 7.00. The van der Waals surface area contributed by atoms with Gasteiger partial charge in [0.2, 0.25) is 0 Å². The minimum atomic E-state index is 0.211. The lowest BCUT2D eigenvalue weighted by atomic mass is 10.0. The standard InChI is InChI=1S/C16H28N2/c1-6-12(2)11-18(5)16-8-7-13(3)9-15(16)10-14(4)17/h7-9,12,14H,6,10-11,17H2,1-5H3. The van der Waals surface area contributed by atoms with Crippen LogP contribution in [-0.2, 0) is 6.42 Å². The molecule has 0 aliphatic carbocycles. The molecule has 0 bridgehead atoms. The minimum absolute atomic E-state index is 0.211. The summed E-state index contributed by atoms with van der Waals surface area (Å²) in [6, 6.07) is 6.90. The maximum atomic E-state index is 5.95. The van der Waals surface area contributed by atoms with Crippen LogP contribution in [0.1, 0.15) is 38.3 Å². The van der Waals surface area contributed by atoms with Crippen LogP contribution in [0.25, 0.3) is 0 Å². The third-order valence-corrected chi connectivity index (χ3v) is 3.47. The zero-order chi connectivity index (χ0) is 13.7. The molecule has 0 aliphatic heterocycles. The second kappa shape index (κ2) is 6.79. The quantitative estimate of drug-likeness (QED) is 0.836. The predicted molar refractivity (Wildman–Crippen MR) is 81.3 cm³/mol. The summed E-state index contributed by atoms with van der Waals surface area (Å²) in [5.41, 5.74) is 9.97. The van der Waals surface area contributed by atoms with E-state index in [-0.39, 0.29) is 6.04 Å². The molecule has 0 aliphatic rings. The highest BCUT2D eigenvalue weighted by Crippen LogP contribution is 2.23. The zero-order valence-corrected chi connectivity index (χ0v) is 12.5. The van der Waals surface area contributed by atoms with Gasteiger partial charge in [-0.1, -0.05) is 38.0 Å². The maximum Gasteiger partial charge on any atom is 0.0397 e. The molecule has 0 spiro atoms. The van der Waals surface area contributed by atoms with Crippen molar-refractivity contribution in [3.05, 3.63) is 29.3 Å². The smallest absolute Gasteiger partial charge is 0.0397 e. The van der Waals surface area contributed by atoms with E-state index in [9.17, 15) is 0 Å². The Balaban J connectivity index is 2.92. The fourth-order valence-electron chi connectivity index (χ4n) is 2.29. The molecule has 0 fully saturated rings. The lowest BCUT2D eigenvalue weighted by molar-refractivity contribution is 0.558. The number of anilines is 1. The Kier molecular flexibility index (Phi) is 5.67. The summed E-state index contributed by atoms with van der Waals surface area (Å²) in [6.45, 7) is 9.86. The molecule has 1 aromatic rings. The van der Waals surface area contributed by atoms with E-state index in [2.05, 4.69) is 57.8 Å². The summed E-state index contributed by atoms with van der Waals surface area (Å²) in [4.78, 5) is 2.37. The summed E-state index contributed by atoms with van der Waals surface area (Å²) < 4.78 is 0. The predicted octanol–water partition coefficient (Wildman–Crippen LogP) is 3.37. The third kappa shape index (κ3) is 4.34. The molecule has 0 radical (unpaired) electrons. The molecule has 2 N–H and O–H groups in total. The van der Waals surface area contributed by atoms with Crippen molar-refractivity contribution in [1.29, 1.82) is 0 Å². The number of benzene rings is 1. The van der Waals surface area contributed by atoms with Crippen LogP contribution in [-0.4, -0.2) is 19.6 Å². The number of nitrogens with zero attached hydrogens (tertiary/aromatic N) is 1. The normalized spacial score (nSPS) is 14.3. The van der Waals surface area contributed by atoms with Crippen molar-refractivity contribution in [1.82, 2.24) is 0 Å². The van der Waals surface area contributed by atoms with Crippen molar-refractivity contribution < 1.29 is 0 Å². The van der Waals surface area contributed by atoms with Gasteiger partial charge in [0.05, 0.1) is 0 Å². The SMILES string of the molecule is CCC(C)CN(C)c1ccc(C)cc1CC(C)N. The summed E-state index contributed by atoms with van der Waals surface area (Å²) in [5, 5.41) is 0. The molecule has 0 saturated heterocycles. The van der Waals surface area contributed by atoms with E-state index in [0.29, 0.717) is 0 Å². The number of hydrogen-bond donors (Lipinski definition) is 1. The second-order valence-electron chi connectivity index (χ2n) is 5.71. The number of hydrogen-bond acceptors (Lipinski definition) is 2. The summed E-state index contributed by atoms with van der Waals surface area (Å²) in [7, 11) is 2.18. The van der Waals surface area contributed by atoms with Crippen molar-refractivity contribution in [3.63, 3.8) is 0 Å². The van der Waals surface area contributed by atoms with Gasteiger partial charge in [0.15, 0.2) is 0 Å². The van der Waals surface area contributed by atoms with Crippen LogP contribution in [0.4, 0.5) is 5.69 Å². The lowest BCUT2D eigenvalue weighted by Gasteiger charge is -2.26. The van der Waals surface area contributed by atoms with Crippen molar-refractivity contribution in [3.8, 4) is 0 Å². The second-order valence-corrected chi connectivity index (χ2v) is 5.71. The Morgan fingerprint density at radius 1 is 1.28 bits per heavy atom. The van der Waals surface area contributed by atoms with Gasteiger partial charge in [-0.3, -0.25) is 0 Å². The van der Waals surface area contributed by atoms with Crippen LogP contribution in [0.5, 0.6) is 0 Å². The lowest BCUT2D eigenvalue weighted by Crippen LogP contribution is -2.26. The van der Waals surface area contributed by atoms with Gasteiger partial charge < -0.3 is 10.6 Å². The Labute approximate surface area is 112 Å². The van der Waals surface area contributed by atoms with Crippen LogP contribution in [0, 0.1) is 12.8 Å². The van der Waals surface area contributed by atoms with Gasteiger partial charge in [-0.15, -0.1) is 0 Å². The van der Waals surface area contributed by atoms with E-state index in [1.807, 2.05) is 0 Å². The average molecular weight is 248 g/mol. The molecule has 0 aromatic heterocycles. The Morgan fingerprint density at radius 3 is 2.50 bits per heavy atom. The van der Waals surface area contributed by atoms with E-state index >= 15 is 0 Å². The fourth-order valence-corrected chi connectivity index (χ4v) is 2.29. The van der Waals surface area contributed by atoms with E-state index in [1.54, 1.807) is 0 Å². The van der Waals surface area contributed by atoms with Gasteiger partial charge in [-0.2, -0.15) is 0 Å². The van der Waals surface area contributed by atoms with Gasteiger partial charge in [0, 0.05) is 25.3 Å². The molecule has 102 valence electrons. The van der Waals surface area contributed by atoms with Crippen LogP contribution in [0.15, 0.2) is 18.2 Å². The number of rotatable bonds is 6. The molecule has 2 nitrogen and oxygen atoms in total. The average Bonchev–Trinajstić information content (AvgIpc) is 2.27. The van der Waals surface area contributed by atoms with E-state index in [0.717, 1.165) is 18.9 Å². The monoisotopic (exact) mass is 248 g/mol. The van der Waals surface area contributed by atoms with E-state index < -0.39 is 0 Å². The van der Waals surface area contributed by atoms with Gasteiger partial charge in [0.25, 0.3) is 0 Å². The van der Waals surface area contributed by atoms with Crippen molar-refractivity contribution in [2.45, 2.75) is 46.6 Å². The van der Waals surface area contributed by atoms with Crippen LogP contribution < -0.4 is 10.6 Å². The van der Waals surface area contributed by atoms with Crippen molar-refractivity contribution >= 4 is 5.69 Å². The highest BCUT2D eigenvalue weighted by Gasteiger charge is 2.11. The molecular weight excluding hydrogens is 220 g/mol. The molecular formula is C16H28N2. The molecule has 2 atom stereocenters. The van der Waals surface area contributed by atoms with Gasteiger partial charge >= 0.3 is 0 Å². The number of nitrogens with two attached hydrogens (primary N) is 1. The Bertz CT molecular complexity index is 371. The van der Waals surface area contributed by atoms with Gasteiger partial charge in [-0.05, 0) is 37.8 Å². The molecule has 0 heterocycles. The Morgan fingerprint density at radius 2 is 1.94 bits per heavy atom. The first-order chi connectivity index (χ1) is 8.43. The molecule has 1 rings (SSSR count). The summed E-state index contributed by atoms with van der Waals surface area (Å²) in [6.07, 6.45) is 2.17. The molecule has 2 heteroatoms. The highest BCUT2D eigenvalue weighted by molar-refractivity contribution is 5.54. The molecule has 0 saturated carbocycles. The fraction of sp³-hybridized carbons (Fsp3) is 0.625. The summed E-state index contributed by atoms with van der Waals surface area (Å²) in [5.74, 6) is 0.722. The van der Waals surface area contributed by atoms with Gasteiger partial charge in [-0.25, -0.2) is 0 Å². The highest BCUT2D eigenvalue weighted by atomic mass is 15.1. The largest absolute Gasteiger partial charge is 0.374 e. The zero-order valence-electron chi connectivity index (χ0n) is 12.5. The van der Waals surface area contributed by atoms with Crippen LogP contribution in [0.3, 0.4) is 0 Å². The minimum Gasteiger partial charge on any atom is -0.374 e.